The van der Waals surface area contributed by atoms with Crippen molar-refractivity contribution in [3.05, 3.63) is 45.5 Å². The third-order valence-electron chi connectivity index (χ3n) is 4.69. The number of benzene rings is 2. The molecule has 0 fully saturated rings. The summed E-state index contributed by atoms with van der Waals surface area (Å²) in [6.07, 6.45) is 0. The maximum Gasteiger partial charge on any atom is 0.347 e. The zero-order chi connectivity index (χ0) is 21.9. The number of phenolic OH excluding ortho intramolecular Hbond substituents is 1. The van der Waals surface area contributed by atoms with Crippen molar-refractivity contribution in [3.8, 4) is 23.0 Å². The van der Waals surface area contributed by atoms with Crippen molar-refractivity contribution in [2.75, 3.05) is 20.8 Å². The van der Waals surface area contributed by atoms with Crippen LogP contribution in [0.1, 0.15) is 49.9 Å². The molecule has 0 bridgehead atoms. The van der Waals surface area contributed by atoms with Gasteiger partial charge in [-0.2, -0.15) is 0 Å². The number of methoxy groups -OCH3 is 2. The van der Waals surface area contributed by atoms with Crippen LogP contribution in [-0.4, -0.2) is 37.9 Å². The van der Waals surface area contributed by atoms with Crippen LogP contribution in [0.4, 0.5) is 0 Å². The molecule has 0 radical (unpaired) electrons. The molecule has 0 unspecified atom stereocenters. The molecule has 0 amide bonds. The molecule has 0 aliphatic carbocycles. The quantitative estimate of drug-likeness (QED) is 0.576. The molecule has 0 aliphatic heterocycles. The van der Waals surface area contributed by atoms with Crippen molar-refractivity contribution in [1.29, 1.82) is 0 Å². The zero-order valence-corrected chi connectivity index (χ0v) is 17.8. The molecule has 2 rings (SSSR count). The molecule has 0 saturated carbocycles. The molecule has 2 aromatic carbocycles. The number of hydrogen-bond donors (Lipinski definition) is 1. The van der Waals surface area contributed by atoms with Crippen LogP contribution in [0.25, 0.3) is 0 Å². The molecule has 7 heteroatoms. The van der Waals surface area contributed by atoms with E-state index in [0.717, 1.165) is 0 Å². The third-order valence-corrected chi connectivity index (χ3v) is 4.69. The number of carbonyl (C=O) groups is 2. The summed E-state index contributed by atoms with van der Waals surface area (Å²) in [6, 6.07) is 3.26. The average Bonchev–Trinajstić information content (AvgIpc) is 2.67. The number of ether oxygens (including phenoxy) is 4. The van der Waals surface area contributed by atoms with Crippen LogP contribution in [0.15, 0.2) is 12.1 Å². The molecule has 29 heavy (non-hydrogen) atoms. The van der Waals surface area contributed by atoms with E-state index in [-0.39, 0.29) is 34.8 Å². The Balaban J connectivity index is 2.50. The van der Waals surface area contributed by atoms with E-state index in [0.29, 0.717) is 28.2 Å². The molecular formula is C22H26O7. The van der Waals surface area contributed by atoms with Crippen molar-refractivity contribution in [3.63, 3.8) is 0 Å². The van der Waals surface area contributed by atoms with Gasteiger partial charge in [0.05, 0.1) is 20.8 Å². The fourth-order valence-corrected chi connectivity index (χ4v) is 3.16. The van der Waals surface area contributed by atoms with Gasteiger partial charge in [0.15, 0.2) is 0 Å². The van der Waals surface area contributed by atoms with Crippen LogP contribution in [0.5, 0.6) is 23.0 Å². The summed E-state index contributed by atoms with van der Waals surface area (Å²) in [7, 11) is 3.01. The number of rotatable bonds is 6. The Morgan fingerprint density at radius 2 is 1.45 bits per heavy atom. The zero-order valence-electron chi connectivity index (χ0n) is 17.8. The van der Waals surface area contributed by atoms with Crippen LogP contribution >= 0.6 is 0 Å². The van der Waals surface area contributed by atoms with E-state index in [1.807, 2.05) is 0 Å². The monoisotopic (exact) mass is 402 g/mol. The Hall–Kier alpha value is -3.22. The summed E-state index contributed by atoms with van der Waals surface area (Å²) in [6.45, 7) is 8.59. The van der Waals surface area contributed by atoms with Gasteiger partial charge < -0.3 is 24.1 Å². The lowest BCUT2D eigenvalue weighted by molar-refractivity contribution is 0.0522. The van der Waals surface area contributed by atoms with Gasteiger partial charge in [0.1, 0.15) is 34.1 Å². The standard InChI is InChI=1S/C22H26O7/c1-8-28-21(24)17-11(2)10-16(13(4)19(17)23)29-22(25)18-12(3)9-15(26-6)14(5)20(18)27-7/h9-10,23H,8H2,1-7H3. The molecule has 156 valence electrons. The maximum atomic E-state index is 12.9. The van der Waals surface area contributed by atoms with E-state index < -0.39 is 11.9 Å². The first-order valence-corrected chi connectivity index (χ1v) is 9.12. The molecule has 1 N–H and O–H groups in total. The van der Waals surface area contributed by atoms with Crippen LogP contribution in [-0.2, 0) is 4.74 Å². The van der Waals surface area contributed by atoms with Crippen molar-refractivity contribution in [1.82, 2.24) is 0 Å². The number of carbonyl (C=O) groups excluding carboxylic acids is 2. The van der Waals surface area contributed by atoms with Crippen LogP contribution in [0.3, 0.4) is 0 Å². The summed E-state index contributed by atoms with van der Waals surface area (Å²) >= 11 is 0. The second-order valence-corrected chi connectivity index (χ2v) is 6.58. The van der Waals surface area contributed by atoms with Crippen molar-refractivity contribution in [2.45, 2.75) is 34.6 Å². The fraction of sp³-hybridized carbons (Fsp3) is 0.364. The smallest absolute Gasteiger partial charge is 0.347 e. The minimum absolute atomic E-state index is 0.0539. The average molecular weight is 402 g/mol. The Morgan fingerprint density at radius 3 is 2.00 bits per heavy atom. The largest absolute Gasteiger partial charge is 0.507 e. The Labute approximate surface area is 170 Å². The van der Waals surface area contributed by atoms with Crippen molar-refractivity contribution < 1.29 is 33.6 Å². The second kappa shape index (κ2) is 8.86. The minimum Gasteiger partial charge on any atom is -0.507 e. The van der Waals surface area contributed by atoms with Gasteiger partial charge in [0.2, 0.25) is 0 Å². The van der Waals surface area contributed by atoms with Gasteiger partial charge in [-0.25, -0.2) is 9.59 Å². The molecule has 0 aromatic heterocycles. The van der Waals surface area contributed by atoms with E-state index in [9.17, 15) is 14.7 Å². The first-order chi connectivity index (χ1) is 13.7. The van der Waals surface area contributed by atoms with Gasteiger partial charge in [-0.15, -0.1) is 0 Å². The molecule has 0 spiro atoms. The molecular weight excluding hydrogens is 376 g/mol. The highest BCUT2D eigenvalue weighted by Crippen LogP contribution is 2.37. The highest BCUT2D eigenvalue weighted by molar-refractivity contribution is 5.98. The number of phenols is 1. The summed E-state index contributed by atoms with van der Waals surface area (Å²) in [5.74, 6) is -0.454. The SMILES string of the molecule is CCOC(=O)c1c(C)cc(OC(=O)c2c(C)cc(OC)c(C)c2OC)c(C)c1O. The number of hydrogen-bond acceptors (Lipinski definition) is 7. The second-order valence-electron chi connectivity index (χ2n) is 6.58. The lowest BCUT2D eigenvalue weighted by atomic mass is 10.0. The fourth-order valence-electron chi connectivity index (χ4n) is 3.16. The van der Waals surface area contributed by atoms with Crippen LogP contribution in [0.2, 0.25) is 0 Å². The molecule has 0 heterocycles. The van der Waals surface area contributed by atoms with Crippen LogP contribution in [0, 0.1) is 27.7 Å². The first-order valence-electron chi connectivity index (χ1n) is 9.12. The Bertz CT molecular complexity index is 961. The van der Waals surface area contributed by atoms with Gasteiger partial charge in [-0.3, -0.25) is 0 Å². The normalized spacial score (nSPS) is 10.4. The van der Waals surface area contributed by atoms with Gasteiger partial charge >= 0.3 is 11.9 Å². The predicted molar refractivity (Wildman–Crippen MR) is 108 cm³/mol. The first kappa shape index (κ1) is 22.1. The summed E-state index contributed by atoms with van der Waals surface area (Å²) in [4.78, 5) is 25.0. The summed E-state index contributed by atoms with van der Waals surface area (Å²) in [5.41, 5.74) is 2.30. The van der Waals surface area contributed by atoms with E-state index >= 15 is 0 Å². The molecule has 0 atom stereocenters. The number of aromatic hydroxyl groups is 1. The predicted octanol–water partition coefficient (Wildman–Crippen LogP) is 4.04. The summed E-state index contributed by atoms with van der Waals surface area (Å²) < 4.78 is 21.3. The molecule has 2 aromatic rings. The van der Waals surface area contributed by atoms with E-state index in [1.165, 1.54) is 13.2 Å². The summed E-state index contributed by atoms with van der Waals surface area (Å²) in [5, 5.41) is 10.5. The molecule has 0 saturated heterocycles. The lowest BCUT2D eigenvalue weighted by Gasteiger charge is -2.18. The van der Waals surface area contributed by atoms with E-state index in [2.05, 4.69) is 0 Å². The highest BCUT2D eigenvalue weighted by Gasteiger charge is 2.25. The van der Waals surface area contributed by atoms with E-state index in [1.54, 1.807) is 47.8 Å². The Morgan fingerprint density at radius 1 is 0.862 bits per heavy atom. The van der Waals surface area contributed by atoms with E-state index in [4.69, 9.17) is 18.9 Å². The van der Waals surface area contributed by atoms with Crippen LogP contribution < -0.4 is 14.2 Å². The van der Waals surface area contributed by atoms with Gasteiger partial charge in [0, 0.05) is 11.1 Å². The minimum atomic E-state index is -0.643. The highest BCUT2D eigenvalue weighted by atomic mass is 16.5. The lowest BCUT2D eigenvalue weighted by Crippen LogP contribution is -2.15. The van der Waals surface area contributed by atoms with Crippen molar-refractivity contribution in [2.24, 2.45) is 0 Å². The molecule has 7 nitrogen and oxygen atoms in total. The van der Waals surface area contributed by atoms with Gasteiger partial charge in [0.25, 0.3) is 0 Å². The van der Waals surface area contributed by atoms with Crippen molar-refractivity contribution >= 4 is 11.9 Å². The Kier molecular flexibility index (Phi) is 6.74. The maximum absolute atomic E-state index is 12.9. The number of aryl methyl sites for hydroxylation is 2. The van der Waals surface area contributed by atoms with Gasteiger partial charge in [-0.05, 0) is 57.9 Å². The topological polar surface area (TPSA) is 91.3 Å². The number of esters is 2. The molecule has 0 aliphatic rings. The van der Waals surface area contributed by atoms with Gasteiger partial charge in [-0.1, -0.05) is 0 Å². The third kappa shape index (κ3) is 4.13.